The fourth-order valence-corrected chi connectivity index (χ4v) is 1.89. The molecule has 1 N–H and O–H groups in total. The van der Waals surface area contributed by atoms with Crippen molar-refractivity contribution in [3.05, 3.63) is 28.2 Å². The summed E-state index contributed by atoms with van der Waals surface area (Å²) >= 11 is 3.36. The van der Waals surface area contributed by atoms with Crippen LogP contribution in [0.2, 0.25) is 0 Å². The molecule has 0 atom stereocenters. The van der Waals surface area contributed by atoms with Gasteiger partial charge in [0.25, 0.3) is 0 Å². The van der Waals surface area contributed by atoms with Crippen molar-refractivity contribution in [3.63, 3.8) is 0 Å². The second-order valence-electron chi connectivity index (χ2n) is 3.91. The normalized spacial score (nSPS) is 11.6. The van der Waals surface area contributed by atoms with Crippen LogP contribution in [-0.2, 0) is 4.74 Å². The van der Waals surface area contributed by atoms with Gasteiger partial charge in [0.1, 0.15) is 6.61 Å². The Morgan fingerprint density at radius 1 is 1.33 bits per heavy atom. The summed E-state index contributed by atoms with van der Waals surface area (Å²) in [4.78, 5) is 0. The molecule has 0 fully saturated rings. The number of benzene rings is 1. The minimum Gasteiger partial charge on any atom is -0.385 e. The highest BCUT2D eigenvalue weighted by molar-refractivity contribution is 9.10. The molecule has 102 valence electrons. The number of anilines is 1. The predicted molar refractivity (Wildman–Crippen MR) is 68.9 cm³/mol. The second kappa shape index (κ2) is 6.99. The van der Waals surface area contributed by atoms with E-state index in [1.165, 1.54) is 0 Å². The lowest BCUT2D eigenvalue weighted by Crippen LogP contribution is -2.18. The summed E-state index contributed by atoms with van der Waals surface area (Å²) in [6.45, 7) is 1.47. The molecule has 0 bridgehead atoms. The van der Waals surface area contributed by atoms with Crippen LogP contribution < -0.4 is 5.32 Å². The van der Waals surface area contributed by atoms with Gasteiger partial charge in [-0.2, -0.15) is 13.2 Å². The summed E-state index contributed by atoms with van der Waals surface area (Å²) in [5.41, 5.74) is 2.06. The standard InChI is InChI=1S/C12H15BrF3NO/c1-9-7-10(13)3-4-11(9)17-5-2-6-18-8-12(14,15)16/h3-4,7,17H,2,5-6,8H2,1H3. The second-order valence-corrected chi connectivity index (χ2v) is 4.82. The Morgan fingerprint density at radius 3 is 2.67 bits per heavy atom. The molecule has 1 rings (SSSR count). The van der Waals surface area contributed by atoms with Crippen molar-refractivity contribution in [1.29, 1.82) is 0 Å². The van der Waals surface area contributed by atoms with Gasteiger partial charge in [0.2, 0.25) is 0 Å². The largest absolute Gasteiger partial charge is 0.411 e. The van der Waals surface area contributed by atoms with Crippen molar-refractivity contribution in [2.45, 2.75) is 19.5 Å². The molecule has 0 saturated carbocycles. The van der Waals surface area contributed by atoms with Crippen molar-refractivity contribution in [1.82, 2.24) is 0 Å². The Labute approximate surface area is 113 Å². The molecule has 0 amide bonds. The number of rotatable bonds is 6. The molecule has 0 saturated heterocycles. The summed E-state index contributed by atoms with van der Waals surface area (Å²) < 4.78 is 40.8. The highest BCUT2D eigenvalue weighted by atomic mass is 79.9. The maximum atomic E-state index is 11.8. The van der Waals surface area contributed by atoms with Crippen LogP contribution in [0.15, 0.2) is 22.7 Å². The van der Waals surface area contributed by atoms with E-state index < -0.39 is 12.8 Å². The van der Waals surface area contributed by atoms with Gasteiger partial charge in [-0.15, -0.1) is 0 Å². The average molecular weight is 326 g/mol. The Hall–Kier alpha value is -0.750. The van der Waals surface area contributed by atoms with Gasteiger partial charge in [0.05, 0.1) is 0 Å². The molecule has 18 heavy (non-hydrogen) atoms. The van der Waals surface area contributed by atoms with Crippen LogP contribution in [0.5, 0.6) is 0 Å². The molecule has 0 aliphatic heterocycles. The zero-order chi connectivity index (χ0) is 13.6. The molecule has 0 aromatic heterocycles. The van der Waals surface area contributed by atoms with Crippen molar-refractivity contribution in [2.24, 2.45) is 0 Å². The van der Waals surface area contributed by atoms with Gasteiger partial charge >= 0.3 is 6.18 Å². The van der Waals surface area contributed by atoms with Crippen LogP contribution >= 0.6 is 15.9 Å². The fourth-order valence-electron chi connectivity index (χ4n) is 1.41. The third-order valence-electron chi connectivity index (χ3n) is 2.24. The van der Waals surface area contributed by atoms with Crippen LogP contribution in [0.25, 0.3) is 0 Å². The van der Waals surface area contributed by atoms with Crippen molar-refractivity contribution >= 4 is 21.6 Å². The number of ether oxygens (including phenoxy) is 1. The van der Waals surface area contributed by atoms with Crippen molar-refractivity contribution < 1.29 is 17.9 Å². The highest BCUT2D eigenvalue weighted by Gasteiger charge is 2.27. The number of hydrogen-bond donors (Lipinski definition) is 1. The quantitative estimate of drug-likeness (QED) is 0.794. The third kappa shape index (κ3) is 6.26. The topological polar surface area (TPSA) is 21.3 Å². The van der Waals surface area contributed by atoms with E-state index in [-0.39, 0.29) is 6.61 Å². The summed E-state index contributed by atoms with van der Waals surface area (Å²) in [6.07, 6.45) is -3.71. The summed E-state index contributed by atoms with van der Waals surface area (Å²) in [6, 6.07) is 5.81. The first-order valence-electron chi connectivity index (χ1n) is 5.53. The smallest absolute Gasteiger partial charge is 0.385 e. The minimum atomic E-state index is -4.24. The van der Waals surface area contributed by atoms with Gasteiger partial charge in [-0.3, -0.25) is 0 Å². The van der Waals surface area contributed by atoms with Gasteiger partial charge in [0, 0.05) is 23.3 Å². The van der Waals surface area contributed by atoms with Gasteiger partial charge in [-0.05, 0) is 37.1 Å². The molecule has 1 aromatic rings. The summed E-state index contributed by atoms with van der Waals surface area (Å²) in [7, 11) is 0. The lowest BCUT2D eigenvalue weighted by molar-refractivity contribution is -0.173. The zero-order valence-electron chi connectivity index (χ0n) is 9.98. The van der Waals surface area contributed by atoms with Gasteiger partial charge in [0.15, 0.2) is 0 Å². The SMILES string of the molecule is Cc1cc(Br)ccc1NCCCOCC(F)(F)F. The van der Waals surface area contributed by atoms with Crippen LogP contribution in [0.1, 0.15) is 12.0 Å². The van der Waals surface area contributed by atoms with Gasteiger partial charge < -0.3 is 10.1 Å². The predicted octanol–water partition coefficient (Wildman–Crippen LogP) is 4.14. The van der Waals surface area contributed by atoms with E-state index in [4.69, 9.17) is 0 Å². The maximum Gasteiger partial charge on any atom is 0.411 e. The average Bonchev–Trinajstić information content (AvgIpc) is 2.24. The zero-order valence-corrected chi connectivity index (χ0v) is 11.6. The Morgan fingerprint density at radius 2 is 2.06 bits per heavy atom. The first kappa shape index (κ1) is 15.3. The number of halogens is 4. The molecule has 6 heteroatoms. The Kier molecular flexibility index (Phi) is 5.95. The molecule has 0 unspecified atom stereocenters. The summed E-state index contributed by atoms with van der Waals surface area (Å²) in [5, 5.41) is 3.16. The maximum absolute atomic E-state index is 11.8. The van der Waals surface area contributed by atoms with E-state index in [1.54, 1.807) is 0 Å². The molecule has 0 aliphatic rings. The van der Waals surface area contributed by atoms with E-state index in [0.29, 0.717) is 13.0 Å². The number of aryl methyl sites for hydroxylation is 1. The van der Waals surface area contributed by atoms with Crippen LogP contribution in [0.4, 0.5) is 18.9 Å². The monoisotopic (exact) mass is 325 g/mol. The van der Waals surface area contributed by atoms with Crippen LogP contribution in [0.3, 0.4) is 0 Å². The molecule has 1 aromatic carbocycles. The number of hydrogen-bond acceptors (Lipinski definition) is 2. The van der Waals surface area contributed by atoms with Crippen LogP contribution in [0, 0.1) is 6.92 Å². The molecule has 2 nitrogen and oxygen atoms in total. The van der Waals surface area contributed by atoms with E-state index in [1.807, 2.05) is 25.1 Å². The van der Waals surface area contributed by atoms with Crippen LogP contribution in [-0.4, -0.2) is 25.9 Å². The fraction of sp³-hybridized carbons (Fsp3) is 0.500. The number of nitrogens with one attached hydrogen (secondary N) is 1. The highest BCUT2D eigenvalue weighted by Crippen LogP contribution is 2.20. The van der Waals surface area contributed by atoms with E-state index in [2.05, 4.69) is 26.0 Å². The lowest BCUT2D eigenvalue weighted by Gasteiger charge is -2.10. The van der Waals surface area contributed by atoms with Crippen molar-refractivity contribution in [2.75, 3.05) is 25.1 Å². The first-order valence-corrected chi connectivity index (χ1v) is 6.32. The van der Waals surface area contributed by atoms with Crippen molar-refractivity contribution in [3.8, 4) is 0 Å². The molecule has 0 heterocycles. The molecular weight excluding hydrogens is 311 g/mol. The Balaban J connectivity index is 2.18. The third-order valence-corrected chi connectivity index (χ3v) is 2.73. The molecule has 0 spiro atoms. The Bertz CT molecular complexity index is 382. The molecule has 0 radical (unpaired) electrons. The molecule has 0 aliphatic carbocycles. The first-order chi connectivity index (χ1) is 8.38. The van der Waals surface area contributed by atoms with Gasteiger partial charge in [-0.1, -0.05) is 15.9 Å². The van der Waals surface area contributed by atoms with E-state index in [9.17, 15) is 13.2 Å². The number of alkyl halides is 3. The molecular formula is C12H15BrF3NO. The summed E-state index contributed by atoms with van der Waals surface area (Å²) in [5.74, 6) is 0. The van der Waals surface area contributed by atoms with E-state index >= 15 is 0 Å². The van der Waals surface area contributed by atoms with E-state index in [0.717, 1.165) is 15.7 Å². The van der Waals surface area contributed by atoms with Gasteiger partial charge in [-0.25, -0.2) is 0 Å². The minimum absolute atomic E-state index is 0.0993. The lowest BCUT2D eigenvalue weighted by atomic mass is 10.2.